The molecule has 0 unspecified atom stereocenters. The molecule has 0 spiro atoms. The van der Waals surface area contributed by atoms with Crippen LogP contribution in [0.3, 0.4) is 0 Å². The minimum absolute atomic E-state index is 0.179. The summed E-state index contributed by atoms with van der Waals surface area (Å²) in [6.45, 7) is 5.41. The first-order valence-electron chi connectivity index (χ1n) is 11.3. The smallest absolute Gasteiger partial charge is 0.258 e. The molecular formula is C24H32N4O7. The van der Waals surface area contributed by atoms with Crippen LogP contribution in [0.5, 0.6) is 0 Å². The first-order valence-corrected chi connectivity index (χ1v) is 11.3. The molecular weight excluding hydrogens is 456 g/mol. The number of carbonyl (C=O) groups excluding carboxylic acids is 3. The van der Waals surface area contributed by atoms with Gasteiger partial charge in [-0.25, -0.2) is 0 Å². The zero-order chi connectivity index (χ0) is 25.9. The molecule has 3 rings (SSSR count). The average Bonchev–Trinajstić information content (AvgIpc) is 2.79. The van der Waals surface area contributed by atoms with Gasteiger partial charge in [-0.2, -0.15) is 0 Å². The number of nitrogens with zero attached hydrogens (tertiary/aromatic N) is 2. The highest BCUT2D eigenvalue weighted by Crippen LogP contribution is 2.27. The minimum atomic E-state index is -1.58. The van der Waals surface area contributed by atoms with Crippen molar-refractivity contribution in [3.05, 3.63) is 42.1 Å². The van der Waals surface area contributed by atoms with Crippen LogP contribution >= 0.6 is 0 Å². The second-order valence-electron chi connectivity index (χ2n) is 9.57. The maximum Gasteiger partial charge on any atom is 0.258 e. The van der Waals surface area contributed by atoms with Gasteiger partial charge < -0.3 is 35.6 Å². The predicted octanol–water partition coefficient (Wildman–Crippen LogP) is -0.465. The topological polar surface area (TPSA) is 161 Å². The van der Waals surface area contributed by atoms with Crippen molar-refractivity contribution in [3.8, 4) is 0 Å². The number of pyridine rings is 1. The Morgan fingerprint density at radius 1 is 1.11 bits per heavy atom. The Balaban J connectivity index is 2.09. The summed E-state index contributed by atoms with van der Waals surface area (Å²) in [5, 5.41) is 36.8. The largest absolute Gasteiger partial charge is 0.394 e. The quantitative estimate of drug-likeness (QED) is 0.365. The van der Waals surface area contributed by atoms with Gasteiger partial charge in [0.1, 0.15) is 30.9 Å². The molecule has 1 aromatic heterocycles. The van der Waals surface area contributed by atoms with Crippen molar-refractivity contribution in [1.82, 2.24) is 20.5 Å². The number of aromatic nitrogens is 1. The van der Waals surface area contributed by atoms with Gasteiger partial charge >= 0.3 is 0 Å². The van der Waals surface area contributed by atoms with Crippen molar-refractivity contribution in [3.63, 3.8) is 0 Å². The second-order valence-corrected chi connectivity index (χ2v) is 9.57. The summed E-state index contributed by atoms with van der Waals surface area (Å²) < 4.78 is 5.81. The summed E-state index contributed by atoms with van der Waals surface area (Å²) in [4.78, 5) is 44.1. The number of fused-ring (bicyclic) bond motifs is 1. The number of hydrogen-bond donors (Lipinski definition) is 5. The molecule has 1 aromatic carbocycles. The summed E-state index contributed by atoms with van der Waals surface area (Å²) in [6, 6.07) is 7.25. The Morgan fingerprint density at radius 3 is 2.43 bits per heavy atom. The molecule has 5 N–H and O–H groups in total. The van der Waals surface area contributed by atoms with E-state index in [1.54, 1.807) is 51.1 Å². The highest BCUT2D eigenvalue weighted by Gasteiger charge is 2.48. The Bertz CT molecular complexity index is 1080. The number of aliphatic hydroxyl groups is 3. The van der Waals surface area contributed by atoms with E-state index in [4.69, 9.17) is 4.74 Å². The highest BCUT2D eigenvalue weighted by atomic mass is 16.5. The lowest BCUT2D eigenvalue weighted by molar-refractivity contribution is -0.224. The predicted molar refractivity (Wildman–Crippen MR) is 126 cm³/mol. The molecule has 3 amide bonds. The molecule has 1 aliphatic heterocycles. The first kappa shape index (κ1) is 26.5. The Morgan fingerprint density at radius 2 is 1.80 bits per heavy atom. The lowest BCUT2D eigenvalue weighted by atomic mass is 9.94. The molecule has 0 radical (unpaired) electrons. The van der Waals surface area contributed by atoms with Crippen LogP contribution in [0.2, 0.25) is 0 Å². The van der Waals surface area contributed by atoms with Crippen molar-refractivity contribution in [2.45, 2.75) is 63.8 Å². The second kappa shape index (κ2) is 10.6. The lowest BCUT2D eigenvalue weighted by Gasteiger charge is -2.46. The Labute approximate surface area is 203 Å². The third-order valence-corrected chi connectivity index (χ3v) is 5.53. The van der Waals surface area contributed by atoms with Gasteiger partial charge in [-0.3, -0.25) is 19.4 Å². The number of para-hydroxylation sites is 1. The fraction of sp³-hybridized carbons (Fsp3) is 0.500. The molecule has 190 valence electrons. The average molecular weight is 489 g/mol. The van der Waals surface area contributed by atoms with Crippen LogP contribution < -0.4 is 10.6 Å². The summed E-state index contributed by atoms with van der Waals surface area (Å²) in [6.07, 6.45) is -4.22. The van der Waals surface area contributed by atoms with Gasteiger partial charge in [0.2, 0.25) is 11.8 Å². The number of rotatable bonds is 6. The van der Waals surface area contributed by atoms with E-state index in [9.17, 15) is 29.7 Å². The standard InChI is InChI=1S/C24H32N4O7/c1-13(30)26-19-21(33)20(32)16(12-29)35-23(19)28(11-17(31)27-24(2,3)4)22(34)15-9-5-7-14-8-6-10-25-18(14)15/h5-10,16,19-21,23,29,32-33H,11-12H2,1-4H3,(H,26,30)(H,27,31)/t16-,19-,20+,21-,23-/m1/s1. The molecule has 1 fully saturated rings. The van der Waals surface area contributed by atoms with Gasteiger partial charge in [0, 0.05) is 24.0 Å². The maximum atomic E-state index is 13.9. The van der Waals surface area contributed by atoms with E-state index in [-0.39, 0.29) is 5.56 Å². The molecule has 35 heavy (non-hydrogen) atoms. The number of benzene rings is 1. The fourth-order valence-corrected chi connectivity index (χ4v) is 4.08. The van der Waals surface area contributed by atoms with Crippen molar-refractivity contribution in [2.75, 3.05) is 13.2 Å². The zero-order valence-corrected chi connectivity index (χ0v) is 20.1. The number of carbonyl (C=O) groups is 3. The molecule has 0 aliphatic carbocycles. The molecule has 1 saturated heterocycles. The van der Waals surface area contributed by atoms with E-state index >= 15 is 0 Å². The minimum Gasteiger partial charge on any atom is -0.394 e. The SMILES string of the molecule is CC(=O)N[C@@H]1[C@@H](O)[C@@H](O)[C@@H](CO)O[C@H]1N(CC(=O)NC(C)(C)C)C(=O)c1cccc2cccnc12. The lowest BCUT2D eigenvalue weighted by Crippen LogP contribution is -2.69. The number of ether oxygens (including phenoxy) is 1. The number of aliphatic hydroxyl groups excluding tert-OH is 3. The van der Waals surface area contributed by atoms with Crippen LogP contribution in [0.1, 0.15) is 38.1 Å². The van der Waals surface area contributed by atoms with Gasteiger partial charge in [-0.15, -0.1) is 0 Å². The number of amides is 3. The molecule has 2 aromatic rings. The van der Waals surface area contributed by atoms with Gasteiger partial charge in [0.15, 0.2) is 6.23 Å². The Hall–Kier alpha value is -3.12. The summed E-state index contributed by atoms with van der Waals surface area (Å²) in [5.74, 6) is -1.69. The van der Waals surface area contributed by atoms with Gasteiger partial charge in [-0.05, 0) is 32.9 Å². The van der Waals surface area contributed by atoms with Gasteiger partial charge in [0.25, 0.3) is 5.91 Å². The van der Waals surface area contributed by atoms with Gasteiger partial charge in [0.05, 0.1) is 17.7 Å². The van der Waals surface area contributed by atoms with Crippen LogP contribution in [0, 0.1) is 0 Å². The maximum absolute atomic E-state index is 13.9. The molecule has 5 atom stereocenters. The summed E-state index contributed by atoms with van der Waals surface area (Å²) in [5.41, 5.74) is -0.0222. The zero-order valence-electron chi connectivity index (χ0n) is 20.1. The fourth-order valence-electron chi connectivity index (χ4n) is 4.08. The van der Waals surface area contributed by atoms with E-state index in [1.165, 1.54) is 13.1 Å². The van der Waals surface area contributed by atoms with E-state index in [1.807, 2.05) is 0 Å². The van der Waals surface area contributed by atoms with Crippen LogP contribution in [0.4, 0.5) is 0 Å². The number of nitrogens with one attached hydrogen (secondary N) is 2. The van der Waals surface area contributed by atoms with E-state index < -0.39 is 67.0 Å². The molecule has 11 nitrogen and oxygen atoms in total. The van der Waals surface area contributed by atoms with E-state index in [0.717, 1.165) is 4.90 Å². The third kappa shape index (κ3) is 6.12. The van der Waals surface area contributed by atoms with Crippen LogP contribution in [0.25, 0.3) is 10.9 Å². The molecule has 0 saturated carbocycles. The van der Waals surface area contributed by atoms with Crippen LogP contribution in [-0.4, -0.2) is 92.2 Å². The van der Waals surface area contributed by atoms with Crippen LogP contribution in [0.15, 0.2) is 36.5 Å². The van der Waals surface area contributed by atoms with E-state index in [2.05, 4.69) is 15.6 Å². The van der Waals surface area contributed by atoms with Crippen LogP contribution in [-0.2, 0) is 14.3 Å². The molecule has 2 heterocycles. The molecule has 11 heteroatoms. The highest BCUT2D eigenvalue weighted by molar-refractivity contribution is 6.06. The van der Waals surface area contributed by atoms with Crippen molar-refractivity contribution < 1.29 is 34.4 Å². The van der Waals surface area contributed by atoms with Gasteiger partial charge in [-0.1, -0.05) is 18.2 Å². The summed E-state index contributed by atoms with van der Waals surface area (Å²) >= 11 is 0. The normalized spacial score (nSPS) is 24.6. The van der Waals surface area contributed by atoms with Crippen molar-refractivity contribution in [2.24, 2.45) is 0 Å². The first-order chi connectivity index (χ1) is 16.4. The van der Waals surface area contributed by atoms with Crippen molar-refractivity contribution in [1.29, 1.82) is 0 Å². The molecule has 0 bridgehead atoms. The molecule has 1 aliphatic rings. The Kier molecular flexibility index (Phi) is 8.06. The van der Waals surface area contributed by atoms with Crippen molar-refractivity contribution >= 4 is 28.6 Å². The summed E-state index contributed by atoms with van der Waals surface area (Å²) in [7, 11) is 0. The number of hydrogen-bond acceptors (Lipinski definition) is 8. The third-order valence-electron chi connectivity index (χ3n) is 5.53. The van der Waals surface area contributed by atoms with E-state index in [0.29, 0.717) is 10.9 Å². The monoisotopic (exact) mass is 488 g/mol.